The fraction of sp³-hybridized carbons (Fsp3) is 0.150. The summed E-state index contributed by atoms with van der Waals surface area (Å²) < 4.78 is 10.2. The van der Waals surface area contributed by atoms with Gasteiger partial charge in [-0.1, -0.05) is 12.1 Å². The van der Waals surface area contributed by atoms with E-state index in [9.17, 15) is 14.4 Å². The van der Waals surface area contributed by atoms with Gasteiger partial charge in [0.2, 0.25) is 5.78 Å². The minimum Gasteiger partial charge on any atom is -0.422 e. The van der Waals surface area contributed by atoms with Gasteiger partial charge in [-0.05, 0) is 43.3 Å². The number of fused-ring (bicyclic) bond motifs is 1. The van der Waals surface area contributed by atoms with Crippen LogP contribution in [0.5, 0.6) is 5.75 Å². The summed E-state index contributed by atoms with van der Waals surface area (Å²) in [6.07, 6.45) is 0.792. The van der Waals surface area contributed by atoms with Crippen LogP contribution in [-0.2, 0) is 9.53 Å². The summed E-state index contributed by atoms with van der Waals surface area (Å²) >= 11 is 0. The zero-order valence-corrected chi connectivity index (χ0v) is 14.3. The molecule has 2 aromatic carbocycles. The first-order chi connectivity index (χ1) is 12.5. The van der Waals surface area contributed by atoms with Gasteiger partial charge in [-0.25, -0.2) is 4.79 Å². The SMILES string of the molecule is COC(C)C(=O)c1ccc(NC=C2C(=O)Oc3ccccc3C2=O)cc1. The van der Waals surface area contributed by atoms with Crippen LogP contribution < -0.4 is 10.1 Å². The summed E-state index contributed by atoms with van der Waals surface area (Å²) in [6, 6.07) is 13.2. The van der Waals surface area contributed by atoms with Crippen molar-refractivity contribution in [3.8, 4) is 5.75 Å². The Balaban J connectivity index is 1.77. The molecular weight excluding hydrogens is 334 g/mol. The van der Waals surface area contributed by atoms with Crippen LogP contribution in [0.1, 0.15) is 27.6 Å². The Morgan fingerprint density at radius 3 is 2.50 bits per heavy atom. The molecular formula is C20H17NO5. The zero-order valence-electron chi connectivity index (χ0n) is 14.3. The van der Waals surface area contributed by atoms with E-state index in [0.717, 1.165) is 0 Å². The Kier molecular flexibility index (Phi) is 4.95. The van der Waals surface area contributed by atoms with Gasteiger partial charge in [0.1, 0.15) is 17.4 Å². The van der Waals surface area contributed by atoms with Crippen molar-refractivity contribution in [1.82, 2.24) is 0 Å². The van der Waals surface area contributed by atoms with E-state index >= 15 is 0 Å². The van der Waals surface area contributed by atoms with E-state index in [1.165, 1.54) is 13.3 Å². The molecule has 0 radical (unpaired) electrons. The average Bonchev–Trinajstić information content (AvgIpc) is 2.67. The molecule has 0 amide bonds. The molecule has 0 aliphatic carbocycles. The fourth-order valence-electron chi connectivity index (χ4n) is 2.49. The van der Waals surface area contributed by atoms with Crippen molar-refractivity contribution in [2.45, 2.75) is 13.0 Å². The highest BCUT2D eigenvalue weighted by atomic mass is 16.5. The van der Waals surface area contributed by atoms with E-state index in [1.807, 2.05) is 0 Å². The third-order valence-corrected chi connectivity index (χ3v) is 4.07. The van der Waals surface area contributed by atoms with Crippen molar-refractivity contribution >= 4 is 23.2 Å². The summed E-state index contributed by atoms with van der Waals surface area (Å²) in [6.45, 7) is 1.68. The van der Waals surface area contributed by atoms with E-state index in [0.29, 0.717) is 16.8 Å². The number of rotatable bonds is 5. The van der Waals surface area contributed by atoms with Crippen molar-refractivity contribution in [2.75, 3.05) is 12.4 Å². The highest BCUT2D eigenvalue weighted by molar-refractivity contribution is 6.27. The topological polar surface area (TPSA) is 81.7 Å². The normalized spacial score (nSPS) is 16.0. The monoisotopic (exact) mass is 351 g/mol. The lowest BCUT2D eigenvalue weighted by Gasteiger charge is -2.16. The van der Waals surface area contributed by atoms with Crippen molar-refractivity contribution < 1.29 is 23.9 Å². The predicted molar refractivity (Wildman–Crippen MR) is 95.4 cm³/mol. The molecule has 1 heterocycles. The molecule has 1 unspecified atom stereocenters. The lowest BCUT2D eigenvalue weighted by molar-refractivity contribution is -0.130. The Morgan fingerprint density at radius 1 is 1.12 bits per heavy atom. The summed E-state index contributed by atoms with van der Waals surface area (Å²) in [5.41, 5.74) is 1.39. The smallest absolute Gasteiger partial charge is 0.349 e. The van der Waals surface area contributed by atoms with Gasteiger partial charge in [0.15, 0.2) is 5.78 Å². The van der Waals surface area contributed by atoms with Crippen LogP contribution in [-0.4, -0.2) is 30.7 Å². The van der Waals surface area contributed by atoms with Crippen molar-refractivity contribution in [3.05, 3.63) is 71.4 Å². The molecule has 0 bridgehead atoms. The minimum atomic E-state index is -0.707. The second kappa shape index (κ2) is 7.33. The first-order valence-electron chi connectivity index (χ1n) is 8.01. The van der Waals surface area contributed by atoms with Crippen LogP contribution >= 0.6 is 0 Å². The number of hydrogen-bond donors (Lipinski definition) is 1. The standard InChI is InChI=1S/C20H17NO5/c1-12(25-2)18(22)13-7-9-14(10-8-13)21-11-16-19(23)15-5-3-4-6-17(15)26-20(16)24/h3-12,21H,1-2H3. The number of para-hydroxylation sites is 1. The van der Waals surface area contributed by atoms with E-state index in [4.69, 9.17) is 9.47 Å². The van der Waals surface area contributed by atoms with Gasteiger partial charge in [0, 0.05) is 24.6 Å². The molecule has 132 valence electrons. The number of anilines is 1. The van der Waals surface area contributed by atoms with E-state index < -0.39 is 17.9 Å². The average molecular weight is 351 g/mol. The molecule has 1 N–H and O–H groups in total. The van der Waals surface area contributed by atoms with Crippen LogP contribution in [0.25, 0.3) is 0 Å². The Hall–Kier alpha value is -3.25. The van der Waals surface area contributed by atoms with Gasteiger partial charge >= 0.3 is 5.97 Å². The molecule has 26 heavy (non-hydrogen) atoms. The summed E-state index contributed by atoms with van der Waals surface area (Å²) in [4.78, 5) is 36.5. The number of esters is 1. The zero-order chi connectivity index (χ0) is 18.7. The fourth-order valence-corrected chi connectivity index (χ4v) is 2.49. The molecule has 1 aliphatic rings. The molecule has 0 fully saturated rings. The lowest BCUT2D eigenvalue weighted by Crippen LogP contribution is -2.25. The number of ether oxygens (including phenoxy) is 2. The van der Waals surface area contributed by atoms with Crippen LogP contribution in [0.2, 0.25) is 0 Å². The number of carbonyl (C=O) groups is 3. The molecule has 0 saturated heterocycles. The first kappa shape index (κ1) is 17.6. The van der Waals surface area contributed by atoms with Crippen LogP contribution in [0, 0.1) is 0 Å². The highest BCUT2D eigenvalue weighted by Gasteiger charge is 2.30. The summed E-state index contributed by atoms with van der Waals surface area (Å²) in [5, 5.41) is 2.89. The Morgan fingerprint density at radius 2 is 1.81 bits per heavy atom. The van der Waals surface area contributed by atoms with Crippen LogP contribution in [0.4, 0.5) is 5.69 Å². The van der Waals surface area contributed by atoms with Crippen LogP contribution in [0.15, 0.2) is 60.3 Å². The Bertz CT molecular complexity index is 899. The third-order valence-electron chi connectivity index (χ3n) is 4.07. The second-order valence-corrected chi connectivity index (χ2v) is 5.74. The molecule has 0 saturated carbocycles. The number of ketones is 2. The molecule has 3 rings (SSSR count). The van der Waals surface area contributed by atoms with Crippen molar-refractivity contribution in [2.24, 2.45) is 0 Å². The number of benzene rings is 2. The van der Waals surface area contributed by atoms with Gasteiger partial charge in [-0.2, -0.15) is 0 Å². The molecule has 6 heteroatoms. The van der Waals surface area contributed by atoms with Gasteiger partial charge in [0.25, 0.3) is 0 Å². The second-order valence-electron chi connectivity index (χ2n) is 5.74. The van der Waals surface area contributed by atoms with E-state index in [1.54, 1.807) is 55.5 Å². The molecule has 2 aromatic rings. The lowest BCUT2D eigenvalue weighted by atomic mass is 10.0. The number of nitrogens with one attached hydrogen (secondary N) is 1. The first-order valence-corrected chi connectivity index (χ1v) is 8.01. The quantitative estimate of drug-likeness (QED) is 0.293. The number of Topliss-reactive ketones (excluding diaryl/α,β-unsaturated/α-hetero) is 2. The van der Waals surface area contributed by atoms with Crippen LogP contribution in [0.3, 0.4) is 0 Å². The van der Waals surface area contributed by atoms with Gasteiger partial charge in [0.05, 0.1) is 5.56 Å². The number of carbonyl (C=O) groups excluding carboxylic acids is 3. The minimum absolute atomic E-state index is 0.0862. The maximum atomic E-state index is 12.4. The third kappa shape index (κ3) is 3.41. The van der Waals surface area contributed by atoms with Gasteiger partial charge in [-0.3, -0.25) is 9.59 Å². The number of methoxy groups -OCH3 is 1. The molecule has 6 nitrogen and oxygen atoms in total. The van der Waals surface area contributed by atoms with Crippen molar-refractivity contribution in [3.63, 3.8) is 0 Å². The Labute approximate surface area is 150 Å². The summed E-state index contributed by atoms with van der Waals surface area (Å²) in [5.74, 6) is -0.971. The maximum absolute atomic E-state index is 12.4. The molecule has 0 spiro atoms. The molecule has 1 atom stereocenters. The highest BCUT2D eigenvalue weighted by Crippen LogP contribution is 2.27. The van der Waals surface area contributed by atoms with Gasteiger partial charge < -0.3 is 14.8 Å². The number of hydrogen-bond acceptors (Lipinski definition) is 6. The van der Waals surface area contributed by atoms with E-state index in [-0.39, 0.29) is 17.1 Å². The van der Waals surface area contributed by atoms with Gasteiger partial charge in [-0.15, -0.1) is 0 Å². The predicted octanol–water partition coefficient (Wildman–Crippen LogP) is 3.00. The summed E-state index contributed by atoms with van der Waals surface area (Å²) in [7, 11) is 1.48. The van der Waals surface area contributed by atoms with Crippen molar-refractivity contribution in [1.29, 1.82) is 0 Å². The maximum Gasteiger partial charge on any atom is 0.349 e. The molecule has 0 aromatic heterocycles. The van der Waals surface area contributed by atoms with E-state index in [2.05, 4.69) is 5.32 Å². The molecule has 1 aliphatic heterocycles. The largest absolute Gasteiger partial charge is 0.422 e.